The zero-order valence-corrected chi connectivity index (χ0v) is 30.8. The zero-order chi connectivity index (χ0) is 37.0. The Balaban J connectivity index is 1.13. The Morgan fingerprint density at radius 2 is 1.65 bits per heavy atom. The van der Waals surface area contributed by atoms with Crippen molar-refractivity contribution in [2.45, 2.75) is 50.0 Å². The first kappa shape index (κ1) is 37.8. The summed E-state index contributed by atoms with van der Waals surface area (Å²) >= 11 is 12.8. The maximum Gasteiger partial charge on any atom is 0.522 e. The van der Waals surface area contributed by atoms with Crippen LogP contribution in [0.2, 0.25) is 10.0 Å². The predicted octanol–water partition coefficient (Wildman–Crippen LogP) is 7.66. The molecular formula is C37H42Cl2F3N5O5. The van der Waals surface area contributed by atoms with E-state index in [-0.39, 0.29) is 23.9 Å². The van der Waals surface area contributed by atoms with Crippen molar-refractivity contribution < 1.29 is 36.9 Å². The van der Waals surface area contributed by atoms with Crippen LogP contribution in [0.1, 0.15) is 41.6 Å². The number of hydrogen-bond donors (Lipinski definition) is 1. The van der Waals surface area contributed by atoms with Crippen LogP contribution in [-0.2, 0) is 16.7 Å². The molecule has 0 spiro atoms. The average molecular weight is 765 g/mol. The Bertz CT molecular complexity index is 1860. The van der Waals surface area contributed by atoms with Gasteiger partial charge in [-0.3, -0.25) is 9.53 Å². The highest BCUT2D eigenvalue weighted by atomic mass is 35.5. The molecule has 1 atom stereocenters. The summed E-state index contributed by atoms with van der Waals surface area (Å²) in [6.45, 7) is 2.98. The van der Waals surface area contributed by atoms with Crippen LogP contribution < -0.4 is 19.5 Å². The van der Waals surface area contributed by atoms with Crippen molar-refractivity contribution in [2.75, 3.05) is 66.0 Å². The van der Waals surface area contributed by atoms with E-state index in [2.05, 4.69) is 19.9 Å². The summed E-state index contributed by atoms with van der Waals surface area (Å²) in [5, 5.41) is 4.44. The second kappa shape index (κ2) is 16.0. The molecule has 6 rings (SSSR count). The molecule has 1 aromatic heterocycles. The van der Waals surface area contributed by atoms with Crippen LogP contribution in [0.5, 0.6) is 17.2 Å². The monoisotopic (exact) mass is 763 g/mol. The highest BCUT2D eigenvalue weighted by molar-refractivity contribution is 6.42. The molecule has 0 radical (unpaired) electrons. The fourth-order valence-electron chi connectivity index (χ4n) is 7.36. The van der Waals surface area contributed by atoms with Gasteiger partial charge in [0, 0.05) is 49.7 Å². The van der Waals surface area contributed by atoms with Gasteiger partial charge in [0.1, 0.15) is 0 Å². The lowest BCUT2D eigenvalue weighted by molar-refractivity contribution is -0.325. The van der Waals surface area contributed by atoms with Crippen LogP contribution >= 0.6 is 23.2 Å². The van der Waals surface area contributed by atoms with Crippen LogP contribution in [0.3, 0.4) is 0 Å². The van der Waals surface area contributed by atoms with Crippen molar-refractivity contribution in [3.63, 3.8) is 0 Å². The number of carbonyl (C=O) groups excluding carboxylic acids is 1. The topological polar surface area (TPSA) is 90.3 Å². The standard InChI is InChI=1S/C37H42Cl2F3N5O5/c1-49-31-20-24(21-32(50-2)33(31)51-3)34(48)46-17-13-36(23-46,25-8-9-27(38)28(39)22-25)12-16-45-14-10-26(11-15-45)43-35-44-29-6-4-5-7-30(29)47(35)18-19-52-37(40,41)42/h4-9,20-22,26H,10-19,23H2,1-3H3,(H,43,44). The third-order valence-electron chi connectivity index (χ3n) is 10.1. The number of hydrogen-bond acceptors (Lipinski definition) is 8. The van der Waals surface area contributed by atoms with Gasteiger partial charge in [-0.05, 0) is 74.2 Å². The maximum atomic E-state index is 13.9. The molecule has 15 heteroatoms. The number of alkyl halides is 3. The van der Waals surface area contributed by atoms with E-state index < -0.39 is 13.0 Å². The number of amides is 1. The van der Waals surface area contributed by atoms with Gasteiger partial charge in [0.05, 0.1) is 49.0 Å². The summed E-state index contributed by atoms with van der Waals surface area (Å²) in [7, 11) is 4.56. The van der Waals surface area contributed by atoms with Crippen molar-refractivity contribution in [3.8, 4) is 17.2 Å². The Labute approximate surface area is 310 Å². The number of halogens is 5. The van der Waals surface area contributed by atoms with E-state index in [0.717, 1.165) is 56.4 Å². The number of aromatic nitrogens is 2. The molecule has 2 aliphatic heterocycles. The first-order valence-electron chi connectivity index (χ1n) is 17.1. The third kappa shape index (κ3) is 8.33. The van der Waals surface area contributed by atoms with Gasteiger partial charge in [0.15, 0.2) is 11.5 Å². The van der Waals surface area contributed by atoms with Crippen molar-refractivity contribution in [3.05, 3.63) is 75.8 Å². The predicted molar refractivity (Wildman–Crippen MR) is 194 cm³/mol. The van der Waals surface area contributed by atoms with Crippen molar-refractivity contribution >= 4 is 46.1 Å². The number of benzene rings is 3. The van der Waals surface area contributed by atoms with Gasteiger partial charge in [-0.2, -0.15) is 0 Å². The highest BCUT2D eigenvalue weighted by Crippen LogP contribution is 2.43. The van der Waals surface area contributed by atoms with Crippen molar-refractivity contribution in [1.82, 2.24) is 19.4 Å². The lowest BCUT2D eigenvalue weighted by atomic mass is 9.76. The van der Waals surface area contributed by atoms with E-state index >= 15 is 0 Å². The van der Waals surface area contributed by atoms with Crippen LogP contribution in [0.4, 0.5) is 19.1 Å². The quantitative estimate of drug-likeness (QED) is 0.149. The van der Waals surface area contributed by atoms with Gasteiger partial charge in [-0.15, -0.1) is 13.2 Å². The average Bonchev–Trinajstić information content (AvgIpc) is 3.73. The van der Waals surface area contributed by atoms with Crippen LogP contribution in [0.15, 0.2) is 54.6 Å². The number of para-hydroxylation sites is 2. The molecule has 3 heterocycles. The number of methoxy groups -OCH3 is 3. The normalized spacial score (nSPS) is 18.6. The molecule has 1 unspecified atom stereocenters. The highest BCUT2D eigenvalue weighted by Gasteiger charge is 2.42. The third-order valence-corrected chi connectivity index (χ3v) is 10.9. The van der Waals surface area contributed by atoms with Gasteiger partial charge >= 0.3 is 6.36 Å². The largest absolute Gasteiger partial charge is 0.522 e. The minimum Gasteiger partial charge on any atom is -0.493 e. The van der Waals surface area contributed by atoms with E-state index in [9.17, 15) is 18.0 Å². The first-order valence-corrected chi connectivity index (χ1v) is 17.9. The summed E-state index contributed by atoms with van der Waals surface area (Å²) in [6, 6.07) is 16.5. The van der Waals surface area contributed by atoms with E-state index in [0.29, 0.717) is 57.4 Å². The summed E-state index contributed by atoms with van der Waals surface area (Å²) < 4.78 is 60.4. The van der Waals surface area contributed by atoms with E-state index in [1.54, 1.807) is 16.7 Å². The SMILES string of the molecule is COc1cc(C(=O)N2CCC(CCN3CCC(Nc4nc5ccccc5n4CCOC(F)(F)F)CC3)(c3ccc(Cl)c(Cl)c3)C2)cc(OC)c1OC. The molecule has 0 saturated carbocycles. The number of piperidine rings is 1. The number of likely N-dealkylation sites (tertiary alicyclic amines) is 2. The summed E-state index contributed by atoms with van der Waals surface area (Å²) in [6.07, 6.45) is -1.51. The number of nitrogens with one attached hydrogen (secondary N) is 1. The van der Waals surface area contributed by atoms with Gasteiger partial charge in [0.25, 0.3) is 5.91 Å². The number of nitrogens with zero attached hydrogens (tertiary/aromatic N) is 4. The molecule has 52 heavy (non-hydrogen) atoms. The Morgan fingerprint density at radius 1 is 0.942 bits per heavy atom. The molecular weight excluding hydrogens is 722 g/mol. The van der Waals surface area contributed by atoms with Crippen LogP contribution in [-0.4, -0.2) is 98.3 Å². The number of rotatable bonds is 13. The van der Waals surface area contributed by atoms with E-state index in [4.69, 9.17) is 37.4 Å². The summed E-state index contributed by atoms with van der Waals surface area (Å²) in [5.74, 6) is 1.63. The molecule has 2 fully saturated rings. The summed E-state index contributed by atoms with van der Waals surface area (Å²) in [5.41, 5.74) is 2.57. The van der Waals surface area contributed by atoms with E-state index in [1.165, 1.54) is 21.3 Å². The number of ether oxygens (including phenoxy) is 4. The molecule has 2 aliphatic rings. The number of anilines is 1. The minimum atomic E-state index is -4.69. The van der Waals surface area contributed by atoms with Gasteiger partial charge in [-0.1, -0.05) is 41.4 Å². The molecule has 1 N–H and O–H groups in total. The molecule has 1 amide bonds. The van der Waals surface area contributed by atoms with Gasteiger partial charge in [0.2, 0.25) is 11.7 Å². The van der Waals surface area contributed by atoms with Crippen LogP contribution in [0.25, 0.3) is 11.0 Å². The van der Waals surface area contributed by atoms with Gasteiger partial charge < -0.3 is 33.9 Å². The smallest absolute Gasteiger partial charge is 0.493 e. The van der Waals surface area contributed by atoms with Gasteiger partial charge in [-0.25, -0.2) is 4.98 Å². The lowest BCUT2D eigenvalue weighted by Gasteiger charge is -2.36. The fourth-order valence-corrected chi connectivity index (χ4v) is 7.66. The minimum absolute atomic E-state index is 0.0110. The second-order valence-corrected chi connectivity index (χ2v) is 14.0. The fraction of sp³-hybridized carbons (Fsp3) is 0.459. The molecule has 2 saturated heterocycles. The Kier molecular flexibility index (Phi) is 11.6. The molecule has 4 aromatic rings. The second-order valence-electron chi connectivity index (χ2n) is 13.2. The van der Waals surface area contributed by atoms with Crippen LogP contribution in [0, 0.1) is 0 Å². The zero-order valence-electron chi connectivity index (χ0n) is 29.3. The van der Waals surface area contributed by atoms with Crippen molar-refractivity contribution in [1.29, 1.82) is 0 Å². The molecule has 3 aromatic carbocycles. The first-order chi connectivity index (χ1) is 24.9. The number of imidazole rings is 1. The Hall–Kier alpha value is -3.91. The maximum absolute atomic E-state index is 13.9. The Morgan fingerprint density at radius 3 is 2.31 bits per heavy atom. The van der Waals surface area contributed by atoms with E-state index in [1.807, 2.05) is 47.4 Å². The molecule has 0 aliphatic carbocycles. The molecule has 280 valence electrons. The number of carbonyl (C=O) groups is 1. The lowest BCUT2D eigenvalue weighted by Crippen LogP contribution is -2.42. The number of fused-ring (bicyclic) bond motifs is 1. The molecule has 10 nitrogen and oxygen atoms in total. The molecule has 0 bridgehead atoms. The summed E-state index contributed by atoms with van der Waals surface area (Å²) in [4.78, 5) is 22.9. The van der Waals surface area contributed by atoms with Crippen molar-refractivity contribution in [2.24, 2.45) is 0 Å².